The Labute approximate surface area is 134 Å². The van der Waals surface area contributed by atoms with Gasteiger partial charge in [-0.2, -0.15) is 0 Å². The van der Waals surface area contributed by atoms with Crippen LogP contribution in [0, 0.1) is 0 Å². The molecule has 106 valence electrons. The molecule has 0 bridgehead atoms. The van der Waals surface area contributed by atoms with Crippen LogP contribution in [-0.4, -0.2) is 0 Å². The van der Waals surface area contributed by atoms with Crippen molar-refractivity contribution in [3.05, 3.63) is 58.1 Å². The van der Waals surface area contributed by atoms with Crippen LogP contribution < -0.4 is 4.74 Å². The first-order chi connectivity index (χ1) is 9.65. The van der Waals surface area contributed by atoms with Gasteiger partial charge < -0.3 is 4.74 Å². The summed E-state index contributed by atoms with van der Waals surface area (Å²) in [6, 6.07) is 14.1. The lowest BCUT2D eigenvalue weighted by atomic mass is 9.98. The molecule has 0 saturated heterocycles. The highest BCUT2D eigenvalue weighted by atomic mass is 79.9. The number of halogens is 2. The zero-order valence-electron chi connectivity index (χ0n) is 11.7. The first-order valence-electron chi connectivity index (χ1n) is 6.76. The third-order valence-corrected chi connectivity index (χ3v) is 4.36. The van der Waals surface area contributed by atoms with E-state index in [2.05, 4.69) is 41.9 Å². The van der Waals surface area contributed by atoms with E-state index in [0.717, 1.165) is 28.0 Å². The van der Waals surface area contributed by atoms with Gasteiger partial charge in [0.1, 0.15) is 11.5 Å². The van der Waals surface area contributed by atoms with E-state index in [1.807, 2.05) is 30.3 Å². The van der Waals surface area contributed by atoms with Gasteiger partial charge >= 0.3 is 0 Å². The van der Waals surface area contributed by atoms with Gasteiger partial charge in [0.2, 0.25) is 0 Å². The summed E-state index contributed by atoms with van der Waals surface area (Å²) in [4.78, 5) is 0. The van der Waals surface area contributed by atoms with Gasteiger partial charge in [-0.25, -0.2) is 0 Å². The second-order valence-electron chi connectivity index (χ2n) is 4.85. The SMILES string of the molecule is CCC(C)c1ccccc1Oc1ccc(CCl)cc1Br. The standard InChI is InChI=1S/C17H18BrClO/c1-3-12(2)14-6-4-5-7-16(14)20-17-9-8-13(11-19)10-15(17)18/h4-10,12H,3,11H2,1-2H3. The predicted molar refractivity (Wildman–Crippen MR) is 88.9 cm³/mol. The summed E-state index contributed by atoms with van der Waals surface area (Å²) in [6.07, 6.45) is 1.09. The van der Waals surface area contributed by atoms with E-state index in [4.69, 9.17) is 16.3 Å². The Balaban J connectivity index is 2.30. The molecule has 0 heterocycles. The molecule has 0 aromatic heterocycles. The molecular formula is C17H18BrClO. The van der Waals surface area contributed by atoms with Crippen LogP contribution in [0.15, 0.2) is 46.9 Å². The molecule has 0 fully saturated rings. The molecule has 2 aromatic carbocycles. The van der Waals surface area contributed by atoms with E-state index in [9.17, 15) is 0 Å². The second kappa shape index (κ2) is 7.14. The Morgan fingerprint density at radius 2 is 1.90 bits per heavy atom. The lowest BCUT2D eigenvalue weighted by molar-refractivity contribution is 0.467. The van der Waals surface area contributed by atoms with Gasteiger partial charge in [-0.05, 0) is 57.6 Å². The van der Waals surface area contributed by atoms with Crippen molar-refractivity contribution in [3.63, 3.8) is 0 Å². The van der Waals surface area contributed by atoms with Crippen LogP contribution in [0.2, 0.25) is 0 Å². The molecule has 1 nitrogen and oxygen atoms in total. The van der Waals surface area contributed by atoms with Gasteiger partial charge in [0.05, 0.1) is 4.47 Å². The first-order valence-corrected chi connectivity index (χ1v) is 8.09. The van der Waals surface area contributed by atoms with Crippen LogP contribution in [-0.2, 0) is 5.88 Å². The van der Waals surface area contributed by atoms with Gasteiger partial charge in [-0.1, -0.05) is 38.1 Å². The third-order valence-electron chi connectivity index (χ3n) is 3.43. The summed E-state index contributed by atoms with van der Waals surface area (Å²) < 4.78 is 7.00. The van der Waals surface area contributed by atoms with Crippen LogP contribution >= 0.6 is 27.5 Å². The minimum atomic E-state index is 0.479. The number of rotatable bonds is 5. The van der Waals surface area contributed by atoms with Gasteiger partial charge in [0.15, 0.2) is 0 Å². The smallest absolute Gasteiger partial charge is 0.141 e. The number of hydrogen-bond donors (Lipinski definition) is 0. The van der Waals surface area contributed by atoms with E-state index in [1.54, 1.807) is 0 Å². The number of para-hydroxylation sites is 1. The maximum absolute atomic E-state index is 6.07. The van der Waals surface area contributed by atoms with E-state index in [1.165, 1.54) is 5.56 Å². The highest BCUT2D eigenvalue weighted by Crippen LogP contribution is 2.35. The summed E-state index contributed by atoms with van der Waals surface area (Å²) in [7, 11) is 0. The van der Waals surface area contributed by atoms with Crippen molar-refractivity contribution in [2.75, 3.05) is 0 Å². The van der Waals surface area contributed by atoms with Crippen molar-refractivity contribution in [3.8, 4) is 11.5 Å². The van der Waals surface area contributed by atoms with Crippen LogP contribution in [0.3, 0.4) is 0 Å². The fourth-order valence-electron chi connectivity index (χ4n) is 2.03. The highest BCUT2D eigenvalue weighted by Gasteiger charge is 2.11. The average molecular weight is 354 g/mol. The predicted octanol–water partition coefficient (Wildman–Crippen LogP) is 6.49. The average Bonchev–Trinajstić information content (AvgIpc) is 2.49. The minimum Gasteiger partial charge on any atom is -0.456 e. The lowest BCUT2D eigenvalue weighted by Gasteiger charge is -2.16. The van der Waals surface area contributed by atoms with Crippen LogP contribution in [0.5, 0.6) is 11.5 Å². The molecule has 0 N–H and O–H groups in total. The molecule has 1 unspecified atom stereocenters. The van der Waals surface area contributed by atoms with Crippen molar-refractivity contribution < 1.29 is 4.74 Å². The fraction of sp³-hybridized carbons (Fsp3) is 0.294. The van der Waals surface area contributed by atoms with Crippen molar-refractivity contribution in [1.82, 2.24) is 0 Å². The summed E-state index contributed by atoms with van der Waals surface area (Å²) in [5.74, 6) is 2.71. The van der Waals surface area contributed by atoms with Crippen molar-refractivity contribution in [2.45, 2.75) is 32.1 Å². The second-order valence-corrected chi connectivity index (χ2v) is 5.97. The molecule has 3 heteroatoms. The Bertz CT molecular complexity index is 583. The molecule has 0 radical (unpaired) electrons. The maximum Gasteiger partial charge on any atom is 0.141 e. The van der Waals surface area contributed by atoms with E-state index in [0.29, 0.717) is 11.8 Å². The van der Waals surface area contributed by atoms with Crippen LogP contribution in [0.1, 0.15) is 37.3 Å². The maximum atomic E-state index is 6.07. The summed E-state index contributed by atoms with van der Waals surface area (Å²) in [6.45, 7) is 4.40. The topological polar surface area (TPSA) is 9.23 Å². The molecule has 0 saturated carbocycles. The third kappa shape index (κ3) is 3.56. The molecule has 1 atom stereocenters. The number of hydrogen-bond acceptors (Lipinski definition) is 1. The zero-order valence-corrected chi connectivity index (χ0v) is 14.0. The Hall–Kier alpha value is -0.990. The summed E-state index contributed by atoms with van der Waals surface area (Å²) >= 11 is 9.38. The lowest BCUT2D eigenvalue weighted by Crippen LogP contribution is -1.96. The molecule has 0 aliphatic carbocycles. The molecule has 0 aliphatic rings. The normalized spacial score (nSPS) is 12.2. The zero-order chi connectivity index (χ0) is 14.5. The number of alkyl halides is 1. The molecule has 0 spiro atoms. The van der Waals surface area contributed by atoms with E-state index < -0.39 is 0 Å². The Morgan fingerprint density at radius 1 is 1.15 bits per heavy atom. The van der Waals surface area contributed by atoms with Gasteiger partial charge in [0.25, 0.3) is 0 Å². The Kier molecular flexibility index (Phi) is 5.50. The van der Waals surface area contributed by atoms with Gasteiger partial charge in [-0.15, -0.1) is 11.6 Å². The van der Waals surface area contributed by atoms with Crippen molar-refractivity contribution in [2.24, 2.45) is 0 Å². The number of ether oxygens (including phenoxy) is 1. The Morgan fingerprint density at radius 3 is 2.55 bits per heavy atom. The summed E-state index contributed by atoms with van der Waals surface area (Å²) in [5, 5.41) is 0. The molecular weight excluding hydrogens is 336 g/mol. The molecule has 0 amide bonds. The summed E-state index contributed by atoms with van der Waals surface area (Å²) in [5.41, 5.74) is 2.31. The highest BCUT2D eigenvalue weighted by molar-refractivity contribution is 9.10. The van der Waals surface area contributed by atoms with Gasteiger partial charge in [0, 0.05) is 5.88 Å². The van der Waals surface area contributed by atoms with Gasteiger partial charge in [-0.3, -0.25) is 0 Å². The van der Waals surface area contributed by atoms with Crippen LogP contribution in [0.25, 0.3) is 0 Å². The number of benzene rings is 2. The monoisotopic (exact) mass is 352 g/mol. The molecule has 2 rings (SSSR count). The molecule has 0 aliphatic heterocycles. The largest absolute Gasteiger partial charge is 0.456 e. The molecule has 20 heavy (non-hydrogen) atoms. The van der Waals surface area contributed by atoms with Crippen molar-refractivity contribution in [1.29, 1.82) is 0 Å². The van der Waals surface area contributed by atoms with E-state index in [-0.39, 0.29) is 0 Å². The fourth-order valence-corrected chi connectivity index (χ4v) is 2.70. The van der Waals surface area contributed by atoms with Crippen molar-refractivity contribution >= 4 is 27.5 Å². The van der Waals surface area contributed by atoms with E-state index >= 15 is 0 Å². The minimum absolute atomic E-state index is 0.479. The quantitative estimate of drug-likeness (QED) is 0.558. The first kappa shape index (κ1) is 15.4. The van der Waals surface area contributed by atoms with Crippen LogP contribution in [0.4, 0.5) is 0 Å². The molecule has 2 aromatic rings.